The number of ketones is 1. The predicted octanol–water partition coefficient (Wildman–Crippen LogP) is 0.0921. The summed E-state index contributed by atoms with van der Waals surface area (Å²) in [5, 5.41) is 0. The third-order valence-corrected chi connectivity index (χ3v) is 0.904. The minimum Gasteiger partial charge on any atom is -0.320 e. The lowest BCUT2D eigenvalue weighted by Gasteiger charge is -1.99. The Morgan fingerprint density at radius 2 is 2.56 bits per heavy atom. The second-order valence-electron chi connectivity index (χ2n) is 1.62. The minimum absolute atomic E-state index is 0.201. The molecule has 0 rings (SSSR count). The van der Waals surface area contributed by atoms with Crippen LogP contribution in [0.2, 0.25) is 0 Å². The van der Waals surface area contributed by atoms with E-state index in [9.17, 15) is 4.79 Å². The Bertz CT molecular complexity index is 155. The summed E-state index contributed by atoms with van der Waals surface area (Å²) in [7, 11) is 0. The van der Waals surface area contributed by atoms with E-state index in [0.29, 0.717) is 0 Å². The Morgan fingerprint density at radius 1 is 2.00 bits per heavy atom. The first kappa shape index (κ1) is 7.93. The Kier molecular flexibility index (Phi) is 3.41. The molecule has 0 fully saturated rings. The Labute approximate surface area is 54.7 Å². The van der Waals surface area contributed by atoms with Crippen molar-refractivity contribution in [2.24, 2.45) is 5.73 Å². The van der Waals surface area contributed by atoms with Gasteiger partial charge in [0.15, 0.2) is 5.78 Å². The highest BCUT2D eigenvalue weighted by atomic mass is 16.1. The number of carbonyl (C=O) groups excluding carboxylic acids is 1. The van der Waals surface area contributed by atoms with Crippen molar-refractivity contribution in [3.63, 3.8) is 0 Å². The van der Waals surface area contributed by atoms with Crippen molar-refractivity contribution in [1.82, 2.24) is 0 Å². The molecule has 0 saturated carbocycles. The summed E-state index contributed by atoms with van der Waals surface area (Å²) in [6.45, 7) is 3.27. The quantitative estimate of drug-likeness (QED) is 0.427. The number of terminal acetylenes is 1. The SMILES string of the molecule is C#CCC(N)C(=O)C=C. The summed E-state index contributed by atoms with van der Waals surface area (Å²) < 4.78 is 0. The van der Waals surface area contributed by atoms with Crippen LogP contribution in [0.1, 0.15) is 6.42 Å². The molecule has 0 bridgehead atoms. The van der Waals surface area contributed by atoms with Gasteiger partial charge in [-0.3, -0.25) is 4.79 Å². The number of carbonyl (C=O) groups is 1. The molecule has 0 spiro atoms. The molecule has 2 nitrogen and oxygen atoms in total. The zero-order valence-corrected chi connectivity index (χ0v) is 5.13. The first-order valence-electron chi connectivity index (χ1n) is 2.57. The van der Waals surface area contributed by atoms with Gasteiger partial charge >= 0.3 is 0 Å². The molecule has 0 aromatic rings. The van der Waals surface area contributed by atoms with Crippen LogP contribution in [0.3, 0.4) is 0 Å². The Hall–Kier alpha value is -1.07. The highest BCUT2D eigenvalue weighted by molar-refractivity contribution is 5.93. The number of nitrogens with two attached hydrogens (primary N) is 1. The average Bonchev–Trinajstić information content (AvgIpc) is 1.87. The number of hydrogen-bond acceptors (Lipinski definition) is 2. The lowest BCUT2D eigenvalue weighted by Crippen LogP contribution is -2.27. The molecule has 0 heterocycles. The highest BCUT2D eigenvalue weighted by Crippen LogP contribution is 1.87. The van der Waals surface area contributed by atoms with Gasteiger partial charge in [0.25, 0.3) is 0 Å². The van der Waals surface area contributed by atoms with Crippen molar-refractivity contribution in [1.29, 1.82) is 0 Å². The van der Waals surface area contributed by atoms with E-state index in [1.165, 1.54) is 6.08 Å². The summed E-state index contributed by atoms with van der Waals surface area (Å²) in [6, 6.07) is -0.563. The second-order valence-corrected chi connectivity index (χ2v) is 1.62. The third kappa shape index (κ3) is 2.68. The fraction of sp³-hybridized carbons (Fsp3) is 0.286. The summed E-state index contributed by atoms with van der Waals surface area (Å²) >= 11 is 0. The number of rotatable bonds is 3. The Morgan fingerprint density at radius 3 is 2.89 bits per heavy atom. The summed E-state index contributed by atoms with van der Waals surface area (Å²) in [4.78, 5) is 10.6. The maximum Gasteiger partial charge on any atom is 0.172 e. The van der Waals surface area contributed by atoms with Crippen LogP contribution in [0, 0.1) is 12.3 Å². The van der Waals surface area contributed by atoms with E-state index in [1.54, 1.807) is 0 Å². The van der Waals surface area contributed by atoms with Crippen LogP contribution in [0.15, 0.2) is 12.7 Å². The molecule has 0 aliphatic rings. The molecule has 0 radical (unpaired) electrons. The van der Waals surface area contributed by atoms with Gasteiger partial charge < -0.3 is 5.73 Å². The summed E-state index contributed by atoms with van der Waals surface area (Å²) in [5.41, 5.74) is 5.27. The Balaban J connectivity index is 3.75. The van der Waals surface area contributed by atoms with Crippen molar-refractivity contribution >= 4 is 5.78 Å². The zero-order valence-electron chi connectivity index (χ0n) is 5.13. The molecule has 0 aromatic carbocycles. The van der Waals surface area contributed by atoms with Gasteiger partial charge in [-0.25, -0.2) is 0 Å². The molecule has 1 atom stereocenters. The van der Waals surface area contributed by atoms with Crippen molar-refractivity contribution in [3.05, 3.63) is 12.7 Å². The average molecular weight is 123 g/mol. The summed E-state index contributed by atoms with van der Waals surface area (Å²) in [6.07, 6.45) is 6.37. The lowest BCUT2D eigenvalue weighted by atomic mass is 10.1. The van der Waals surface area contributed by atoms with Crippen molar-refractivity contribution in [3.8, 4) is 12.3 Å². The van der Waals surface area contributed by atoms with E-state index in [0.717, 1.165) is 0 Å². The van der Waals surface area contributed by atoms with E-state index in [-0.39, 0.29) is 12.2 Å². The van der Waals surface area contributed by atoms with Crippen molar-refractivity contribution < 1.29 is 4.79 Å². The molecule has 48 valence electrons. The van der Waals surface area contributed by atoms with Gasteiger partial charge in [0.1, 0.15) is 0 Å². The molecule has 2 N–H and O–H groups in total. The lowest BCUT2D eigenvalue weighted by molar-refractivity contribution is -0.115. The van der Waals surface area contributed by atoms with Crippen LogP contribution in [-0.4, -0.2) is 11.8 Å². The maximum atomic E-state index is 10.6. The van der Waals surface area contributed by atoms with Crippen LogP contribution in [0.5, 0.6) is 0 Å². The van der Waals surface area contributed by atoms with Crippen LogP contribution in [0.4, 0.5) is 0 Å². The van der Waals surface area contributed by atoms with Gasteiger partial charge in [-0.15, -0.1) is 12.3 Å². The first-order chi connectivity index (χ1) is 4.22. The van der Waals surface area contributed by atoms with Crippen LogP contribution in [0.25, 0.3) is 0 Å². The predicted molar refractivity (Wildman–Crippen MR) is 36.6 cm³/mol. The van der Waals surface area contributed by atoms with Crippen molar-refractivity contribution in [2.75, 3.05) is 0 Å². The number of hydrogen-bond donors (Lipinski definition) is 1. The van der Waals surface area contributed by atoms with E-state index < -0.39 is 6.04 Å². The van der Waals surface area contributed by atoms with E-state index in [2.05, 4.69) is 12.5 Å². The van der Waals surface area contributed by atoms with Gasteiger partial charge in [-0.2, -0.15) is 0 Å². The molecular weight excluding hydrogens is 114 g/mol. The largest absolute Gasteiger partial charge is 0.320 e. The fourth-order valence-electron chi connectivity index (χ4n) is 0.379. The van der Waals surface area contributed by atoms with Gasteiger partial charge in [0.2, 0.25) is 0 Å². The molecule has 0 aliphatic heterocycles. The highest BCUT2D eigenvalue weighted by Gasteiger charge is 2.05. The van der Waals surface area contributed by atoms with E-state index in [1.807, 2.05) is 0 Å². The molecule has 0 saturated heterocycles. The van der Waals surface area contributed by atoms with Gasteiger partial charge in [0, 0.05) is 6.42 Å². The molecule has 2 heteroatoms. The molecule has 0 aromatic heterocycles. The van der Waals surface area contributed by atoms with Crippen molar-refractivity contribution in [2.45, 2.75) is 12.5 Å². The van der Waals surface area contributed by atoms with E-state index >= 15 is 0 Å². The monoisotopic (exact) mass is 123 g/mol. The first-order valence-corrected chi connectivity index (χ1v) is 2.57. The van der Waals surface area contributed by atoms with E-state index in [4.69, 9.17) is 12.2 Å². The standard InChI is InChI=1S/C7H9NO/c1-3-5-6(8)7(9)4-2/h1,4,6H,2,5,8H2. The minimum atomic E-state index is -0.563. The molecule has 1 unspecified atom stereocenters. The van der Waals surface area contributed by atoms with Gasteiger partial charge in [0.05, 0.1) is 6.04 Å². The molecule has 0 aliphatic carbocycles. The molecular formula is C7H9NO. The zero-order chi connectivity index (χ0) is 7.28. The smallest absolute Gasteiger partial charge is 0.172 e. The second kappa shape index (κ2) is 3.88. The maximum absolute atomic E-state index is 10.6. The topological polar surface area (TPSA) is 43.1 Å². The van der Waals surface area contributed by atoms with Crippen LogP contribution >= 0.6 is 0 Å². The van der Waals surface area contributed by atoms with Gasteiger partial charge in [-0.05, 0) is 6.08 Å². The summed E-state index contributed by atoms with van der Waals surface area (Å²) in [5.74, 6) is 2.09. The molecule has 9 heavy (non-hydrogen) atoms. The fourth-order valence-corrected chi connectivity index (χ4v) is 0.379. The third-order valence-electron chi connectivity index (χ3n) is 0.904. The normalized spacial score (nSPS) is 11.6. The van der Waals surface area contributed by atoms with Gasteiger partial charge in [-0.1, -0.05) is 6.58 Å². The van der Waals surface area contributed by atoms with Crippen LogP contribution in [-0.2, 0) is 4.79 Å². The molecule has 0 amide bonds. The van der Waals surface area contributed by atoms with Crippen LogP contribution < -0.4 is 5.73 Å².